The van der Waals surface area contributed by atoms with E-state index in [4.69, 9.17) is 0 Å². The lowest BCUT2D eigenvalue weighted by Gasteiger charge is -2.07. The van der Waals surface area contributed by atoms with E-state index in [-0.39, 0.29) is 12.0 Å². The number of hydrogen-bond acceptors (Lipinski definition) is 5. The molecule has 0 saturated heterocycles. The van der Waals surface area contributed by atoms with Crippen molar-refractivity contribution in [3.63, 3.8) is 0 Å². The third-order valence-electron chi connectivity index (χ3n) is 3.76. The highest BCUT2D eigenvalue weighted by Gasteiger charge is 2.12. The molecule has 0 unspecified atom stereocenters. The summed E-state index contributed by atoms with van der Waals surface area (Å²) in [6.07, 6.45) is 4.91. The van der Waals surface area contributed by atoms with E-state index in [2.05, 4.69) is 33.0 Å². The van der Waals surface area contributed by atoms with Gasteiger partial charge in [-0.25, -0.2) is 13.8 Å². The number of anilines is 2. The molecule has 0 bridgehead atoms. The van der Waals surface area contributed by atoms with Crippen molar-refractivity contribution in [1.82, 2.24) is 9.97 Å². The monoisotopic (exact) mass is 422 g/mol. The maximum Gasteiger partial charge on any atom is 0.160 e. The van der Waals surface area contributed by atoms with Gasteiger partial charge in [0.1, 0.15) is 11.5 Å². The second-order valence-electron chi connectivity index (χ2n) is 5.73. The van der Waals surface area contributed by atoms with Crippen molar-refractivity contribution >= 4 is 40.6 Å². The number of aryl methyl sites for hydroxylation is 1. The Balaban J connectivity index is 0.000000272. The van der Waals surface area contributed by atoms with Crippen molar-refractivity contribution < 1.29 is 13.6 Å². The first-order chi connectivity index (χ1) is 14.0. The quantitative estimate of drug-likeness (QED) is 0.251. The third-order valence-corrected chi connectivity index (χ3v) is 4.74. The van der Waals surface area contributed by atoms with Crippen LogP contribution in [0.1, 0.15) is 43.1 Å². The first-order valence-corrected chi connectivity index (χ1v) is 10.4. The summed E-state index contributed by atoms with van der Waals surface area (Å²) in [5.74, 6) is -0.866. The average Bonchev–Trinajstić information content (AvgIpc) is 3.12. The summed E-state index contributed by atoms with van der Waals surface area (Å²) in [6.45, 7) is 8.06. The van der Waals surface area contributed by atoms with Gasteiger partial charge >= 0.3 is 0 Å². The molecule has 2 aromatic heterocycles. The second kappa shape index (κ2) is 12.8. The zero-order valence-corrected chi connectivity index (χ0v) is 18.2. The van der Waals surface area contributed by atoms with E-state index in [0.29, 0.717) is 0 Å². The summed E-state index contributed by atoms with van der Waals surface area (Å²) in [6, 6.07) is 4.44. The van der Waals surface area contributed by atoms with Crippen LogP contribution in [0.15, 0.2) is 30.6 Å². The van der Waals surface area contributed by atoms with Gasteiger partial charge in [0.15, 0.2) is 12.1 Å². The van der Waals surface area contributed by atoms with Gasteiger partial charge in [0.05, 0.1) is 23.1 Å². The van der Waals surface area contributed by atoms with Gasteiger partial charge in [-0.2, -0.15) is 0 Å². The number of rotatable bonds is 6. The van der Waals surface area contributed by atoms with E-state index in [9.17, 15) is 13.6 Å². The normalized spacial score (nSPS) is 9.76. The standard InChI is InChI=1S/C10H11F2NOS.C9H11N3.C2H6/c1-2-5-15-13-9-4-3-8(11)7(6-14)10(9)12;1-6-4-11-9-8(6)3-7(10-2)5-12-9;1-2/h3-4,6,13H,2,5H2,1H3;3-5,10H,1-2H3,(H,11,12);1-2H3. The summed E-state index contributed by atoms with van der Waals surface area (Å²) in [5.41, 5.74) is 2.83. The lowest BCUT2D eigenvalue weighted by atomic mass is 10.2. The molecule has 0 aliphatic heterocycles. The molecule has 0 saturated carbocycles. The number of nitrogens with zero attached hydrogens (tertiary/aromatic N) is 1. The van der Waals surface area contributed by atoms with Crippen LogP contribution in [-0.4, -0.2) is 29.1 Å². The van der Waals surface area contributed by atoms with E-state index in [1.165, 1.54) is 29.0 Å². The van der Waals surface area contributed by atoms with Gasteiger partial charge in [-0.05, 0) is 37.1 Å². The first-order valence-electron chi connectivity index (χ1n) is 9.44. The van der Waals surface area contributed by atoms with E-state index >= 15 is 0 Å². The smallest absolute Gasteiger partial charge is 0.160 e. The Bertz CT molecular complexity index is 915. The molecule has 158 valence electrons. The number of aromatic amines is 1. The number of halogens is 2. The van der Waals surface area contributed by atoms with Gasteiger partial charge in [-0.3, -0.25) is 4.79 Å². The largest absolute Gasteiger partial charge is 0.387 e. The number of aromatic nitrogens is 2. The molecule has 2 heterocycles. The number of aldehydes is 1. The second-order valence-corrected chi connectivity index (χ2v) is 6.63. The molecule has 0 radical (unpaired) electrons. The van der Waals surface area contributed by atoms with Crippen molar-refractivity contribution in [3.8, 4) is 0 Å². The summed E-state index contributed by atoms with van der Waals surface area (Å²) >= 11 is 1.32. The fraction of sp³-hybridized carbons (Fsp3) is 0.333. The van der Waals surface area contributed by atoms with Crippen LogP contribution in [0.25, 0.3) is 11.0 Å². The molecule has 29 heavy (non-hydrogen) atoms. The van der Waals surface area contributed by atoms with E-state index in [1.54, 1.807) is 0 Å². The number of benzene rings is 1. The van der Waals surface area contributed by atoms with Crippen LogP contribution < -0.4 is 10.0 Å². The first kappa shape index (κ1) is 24.4. The van der Waals surface area contributed by atoms with Gasteiger partial charge in [-0.1, -0.05) is 32.7 Å². The molecular formula is C21H28F2N4OS. The van der Waals surface area contributed by atoms with Crippen LogP contribution in [-0.2, 0) is 0 Å². The van der Waals surface area contributed by atoms with Crippen molar-refractivity contribution in [2.75, 3.05) is 22.8 Å². The van der Waals surface area contributed by atoms with Crippen molar-refractivity contribution in [1.29, 1.82) is 0 Å². The Hall–Kier alpha value is -2.61. The zero-order valence-electron chi connectivity index (χ0n) is 17.4. The number of nitrogens with one attached hydrogen (secondary N) is 3. The summed E-state index contributed by atoms with van der Waals surface area (Å²) < 4.78 is 29.1. The average molecular weight is 423 g/mol. The highest BCUT2D eigenvalue weighted by Crippen LogP contribution is 2.22. The molecule has 5 nitrogen and oxygen atoms in total. The lowest BCUT2D eigenvalue weighted by molar-refractivity contribution is 0.111. The molecule has 3 aromatic rings. The fourth-order valence-electron chi connectivity index (χ4n) is 2.26. The minimum absolute atomic E-state index is 0.136. The van der Waals surface area contributed by atoms with Crippen LogP contribution in [0.2, 0.25) is 0 Å². The van der Waals surface area contributed by atoms with Gasteiger partial charge in [0.25, 0.3) is 0 Å². The van der Waals surface area contributed by atoms with Crippen LogP contribution in [0, 0.1) is 18.6 Å². The predicted molar refractivity (Wildman–Crippen MR) is 120 cm³/mol. The van der Waals surface area contributed by atoms with E-state index in [0.717, 1.165) is 29.6 Å². The highest BCUT2D eigenvalue weighted by atomic mass is 32.2. The molecule has 0 atom stereocenters. The van der Waals surface area contributed by atoms with Crippen LogP contribution in [0.3, 0.4) is 0 Å². The number of H-pyrrole nitrogens is 1. The Morgan fingerprint density at radius 3 is 2.62 bits per heavy atom. The van der Waals surface area contributed by atoms with Crippen molar-refractivity contribution in [2.24, 2.45) is 0 Å². The molecule has 0 fully saturated rings. The number of carbonyl (C=O) groups excluding carboxylic acids is 1. The molecule has 1 aromatic carbocycles. The Kier molecular flexibility index (Phi) is 10.8. The number of pyridine rings is 1. The van der Waals surface area contributed by atoms with Gasteiger partial charge in [-0.15, -0.1) is 0 Å². The minimum atomic E-state index is -0.839. The number of hydrogen-bond donors (Lipinski definition) is 3. The highest BCUT2D eigenvalue weighted by molar-refractivity contribution is 8.00. The topological polar surface area (TPSA) is 69.8 Å². The molecular weight excluding hydrogens is 394 g/mol. The molecule has 0 spiro atoms. The molecule has 0 amide bonds. The SMILES string of the molecule is CC.CCCSNc1ccc(F)c(C=O)c1F.CNc1cnc2[nH]cc(C)c2c1. The fourth-order valence-corrected chi connectivity index (χ4v) is 2.88. The zero-order chi connectivity index (χ0) is 21.8. The molecule has 3 rings (SSSR count). The summed E-state index contributed by atoms with van der Waals surface area (Å²) in [5, 5.41) is 4.24. The third kappa shape index (κ3) is 6.74. The van der Waals surface area contributed by atoms with Crippen molar-refractivity contribution in [2.45, 2.75) is 34.1 Å². The van der Waals surface area contributed by atoms with Gasteiger partial charge in [0, 0.05) is 24.4 Å². The number of carbonyl (C=O) groups is 1. The minimum Gasteiger partial charge on any atom is -0.387 e. The van der Waals surface area contributed by atoms with E-state index in [1.807, 2.05) is 40.2 Å². The molecule has 8 heteroatoms. The Morgan fingerprint density at radius 1 is 1.28 bits per heavy atom. The lowest BCUT2D eigenvalue weighted by Crippen LogP contribution is -1.99. The summed E-state index contributed by atoms with van der Waals surface area (Å²) in [7, 11) is 1.89. The molecule has 0 aliphatic rings. The maximum absolute atomic E-state index is 13.4. The van der Waals surface area contributed by atoms with E-state index < -0.39 is 17.2 Å². The van der Waals surface area contributed by atoms with Gasteiger partial charge < -0.3 is 15.0 Å². The number of fused-ring (bicyclic) bond motifs is 1. The van der Waals surface area contributed by atoms with Crippen LogP contribution in [0.4, 0.5) is 20.2 Å². The molecule has 0 aliphatic carbocycles. The Morgan fingerprint density at radius 2 is 2.00 bits per heavy atom. The van der Waals surface area contributed by atoms with Gasteiger partial charge in [0.2, 0.25) is 0 Å². The molecule has 3 N–H and O–H groups in total. The Labute approximate surface area is 174 Å². The predicted octanol–water partition coefficient (Wildman–Crippen LogP) is 6.19. The van der Waals surface area contributed by atoms with Crippen molar-refractivity contribution in [3.05, 3.63) is 53.4 Å². The summed E-state index contributed by atoms with van der Waals surface area (Å²) in [4.78, 5) is 17.8. The maximum atomic E-state index is 13.4. The van der Waals surface area contributed by atoms with Crippen LogP contribution in [0.5, 0.6) is 0 Å². The van der Waals surface area contributed by atoms with Crippen LogP contribution >= 0.6 is 11.9 Å².